The van der Waals surface area contributed by atoms with Gasteiger partial charge in [-0.05, 0) is 0 Å². The van der Waals surface area contributed by atoms with Gasteiger partial charge in [-0.15, -0.1) is 0 Å². The molecule has 1 heterocycles. The van der Waals surface area contributed by atoms with Crippen molar-refractivity contribution in [2.45, 2.75) is 0 Å². The van der Waals surface area contributed by atoms with Crippen LogP contribution in [0, 0.1) is 0 Å². The second-order valence-electron chi connectivity index (χ2n) is 3.53. The Hall–Kier alpha value is -1.54. The molecule has 0 aliphatic heterocycles. The monoisotopic (exact) mass is 276 g/mol. The number of imidazole rings is 1. The maximum absolute atomic E-state index is 11.5. The third-order valence-corrected chi connectivity index (χ3v) is 3.05. The minimum atomic E-state index is -3.79. The smallest absolute Gasteiger partial charge is 0.296 e. The SMILES string of the molecule is CP(=O)(O)C(=O)CNCN(O)C(=O)c1cnc[nH]1. The number of hydrogen-bond acceptors (Lipinski definition) is 6. The highest BCUT2D eigenvalue weighted by molar-refractivity contribution is 7.74. The van der Waals surface area contributed by atoms with E-state index >= 15 is 0 Å². The molecule has 0 saturated heterocycles. The maximum Gasteiger partial charge on any atom is 0.296 e. The van der Waals surface area contributed by atoms with Gasteiger partial charge in [-0.25, -0.2) is 10.0 Å². The van der Waals surface area contributed by atoms with Gasteiger partial charge in [0.2, 0.25) is 5.52 Å². The first kappa shape index (κ1) is 14.5. The van der Waals surface area contributed by atoms with Gasteiger partial charge in [0.15, 0.2) is 0 Å². The van der Waals surface area contributed by atoms with E-state index in [-0.39, 0.29) is 12.4 Å². The summed E-state index contributed by atoms with van der Waals surface area (Å²) < 4.78 is 10.9. The fraction of sp³-hybridized carbons (Fsp3) is 0.375. The molecular weight excluding hydrogens is 263 g/mol. The Morgan fingerprint density at radius 2 is 2.28 bits per heavy atom. The van der Waals surface area contributed by atoms with Crippen LogP contribution in [0.3, 0.4) is 0 Å². The molecular formula is C8H13N4O5P. The molecule has 100 valence electrons. The van der Waals surface area contributed by atoms with Crippen molar-refractivity contribution >= 4 is 18.8 Å². The molecule has 10 heteroatoms. The normalized spacial score (nSPS) is 13.9. The molecule has 1 amide bonds. The van der Waals surface area contributed by atoms with Gasteiger partial charge in [-0.3, -0.25) is 24.7 Å². The van der Waals surface area contributed by atoms with Crippen LogP contribution in [0.25, 0.3) is 0 Å². The molecule has 4 N–H and O–H groups in total. The number of hydroxylamine groups is 2. The van der Waals surface area contributed by atoms with Crippen LogP contribution in [-0.4, -0.2) is 56.4 Å². The molecule has 0 radical (unpaired) electrons. The average molecular weight is 276 g/mol. The predicted molar refractivity (Wildman–Crippen MR) is 60.2 cm³/mol. The van der Waals surface area contributed by atoms with E-state index in [4.69, 9.17) is 4.89 Å². The zero-order valence-electron chi connectivity index (χ0n) is 9.53. The van der Waals surface area contributed by atoms with Crippen LogP contribution in [0.5, 0.6) is 0 Å². The number of aromatic nitrogens is 2. The Bertz CT molecular complexity index is 468. The van der Waals surface area contributed by atoms with Gasteiger partial charge in [0.1, 0.15) is 5.69 Å². The molecule has 0 aliphatic carbocycles. The number of H-pyrrole nitrogens is 1. The van der Waals surface area contributed by atoms with E-state index in [1.165, 1.54) is 12.5 Å². The standard InChI is InChI=1S/C8H13N4O5P/c1-18(16,17)7(13)3-10-5-12(15)8(14)6-2-9-4-11-6/h2,4,10,15H,3,5H2,1H3,(H,9,11)(H,16,17). The largest absolute Gasteiger partial charge is 0.341 e. The van der Waals surface area contributed by atoms with Crippen molar-refractivity contribution in [2.24, 2.45) is 0 Å². The van der Waals surface area contributed by atoms with Crippen LogP contribution in [-0.2, 0) is 9.36 Å². The first-order valence-corrected chi connectivity index (χ1v) is 6.96. The lowest BCUT2D eigenvalue weighted by molar-refractivity contribution is -0.112. The summed E-state index contributed by atoms with van der Waals surface area (Å²) in [6.45, 7) is 0.144. The van der Waals surface area contributed by atoms with E-state index in [1.54, 1.807) is 0 Å². The number of nitrogens with one attached hydrogen (secondary N) is 2. The lowest BCUT2D eigenvalue weighted by Gasteiger charge is -2.14. The second-order valence-corrected chi connectivity index (χ2v) is 5.78. The number of amides is 1. The van der Waals surface area contributed by atoms with E-state index in [1.807, 2.05) is 0 Å². The van der Waals surface area contributed by atoms with Crippen molar-refractivity contribution in [1.82, 2.24) is 20.3 Å². The van der Waals surface area contributed by atoms with Crippen molar-refractivity contribution in [3.63, 3.8) is 0 Å². The van der Waals surface area contributed by atoms with Crippen LogP contribution in [0.1, 0.15) is 10.5 Å². The van der Waals surface area contributed by atoms with Crippen LogP contribution >= 0.6 is 7.37 Å². The quantitative estimate of drug-likeness (QED) is 0.231. The van der Waals surface area contributed by atoms with E-state index in [0.717, 1.165) is 6.66 Å². The van der Waals surface area contributed by atoms with Gasteiger partial charge in [0.25, 0.3) is 13.3 Å². The Morgan fingerprint density at radius 1 is 1.61 bits per heavy atom. The van der Waals surface area contributed by atoms with Crippen molar-refractivity contribution in [3.05, 3.63) is 18.2 Å². The molecule has 0 spiro atoms. The lowest BCUT2D eigenvalue weighted by atomic mass is 10.4. The third kappa shape index (κ3) is 4.04. The summed E-state index contributed by atoms with van der Waals surface area (Å²) >= 11 is 0. The van der Waals surface area contributed by atoms with E-state index in [9.17, 15) is 19.4 Å². The third-order valence-electron chi connectivity index (χ3n) is 1.96. The van der Waals surface area contributed by atoms with Gasteiger partial charge in [-0.1, -0.05) is 0 Å². The minimum Gasteiger partial charge on any atom is -0.341 e. The molecule has 1 unspecified atom stereocenters. The van der Waals surface area contributed by atoms with Gasteiger partial charge < -0.3 is 9.88 Å². The topological polar surface area (TPSA) is 136 Å². The molecule has 0 bridgehead atoms. The number of rotatable bonds is 6. The number of aromatic amines is 1. The van der Waals surface area contributed by atoms with Crippen molar-refractivity contribution in [2.75, 3.05) is 19.9 Å². The van der Waals surface area contributed by atoms with Gasteiger partial charge in [-0.2, -0.15) is 0 Å². The Labute approximate surface area is 102 Å². The lowest BCUT2D eigenvalue weighted by Crippen LogP contribution is -2.38. The summed E-state index contributed by atoms with van der Waals surface area (Å²) in [4.78, 5) is 37.5. The maximum atomic E-state index is 11.5. The van der Waals surface area contributed by atoms with Crippen molar-refractivity contribution < 1.29 is 24.3 Å². The van der Waals surface area contributed by atoms with Gasteiger partial charge >= 0.3 is 0 Å². The summed E-state index contributed by atoms with van der Waals surface area (Å²) in [5, 5.41) is 12.0. The second kappa shape index (κ2) is 5.87. The van der Waals surface area contributed by atoms with Crippen LogP contribution in [0.2, 0.25) is 0 Å². The highest BCUT2D eigenvalue weighted by Gasteiger charge is 2.22. The molecule has 0 fully saturated rings. The number of nitrogens with zero attached hydrogens (tertiary/aromatic N) is 2. The summed E-state index contributed by atoms with van der Waals surface area (Å²) in [6.07, 6.45) is 2.50. The van der Waals surface area contributed by atoms with E-state index < -0.39 is 25.3 Å². The molecule has 1 atom stereocenters. The summed E-state index contributed by atoms with van der Waals surface area (Å²) in [7, 11) is -3.79. The Kier molecular flexibility index (Phi) is 4.74. The predicted octanol–water partition coefficient (Wildman–Crippen LogP) is -0.785. The first-order valence-electron chi connectivity index (χ1n) is 4.86. The van der Waals surface area contributed by atoms with Crippen LogP contribution < -0.4 is 5.32 Å². The van der Waals surface area contributed by atoms with E-state index in [0.29, 0.717) is 5.06 Å². The summed E-state index contributed by atoms with van der Waals surface area (Å²) in [5.74, 6) is -0.740. The summed E-state index contributed by atoms with van der Waals surface area (Å²) in [5.41, 5.74) is -0.807. The zero-order chi connectivity index (χ0) is 13.8. The fourth-order valence-electron chi connectivity index (χ4n) is 0.999. The minimum absolute atomic E-state index is 0.0777. The van der Waals surface area contributed by atoms with Gasteiger partial charge in [0, 0.05) is 6.66 Å². The summed E-state index contributed by atoms with van der Waals surface area (Å²) in [6, 6.07) is 0. The molecule has 9 nitrogen and oxygen atoms in total. The molecule has 1 aromatic rings. The number of hydrogen-bond donors (Lipinski definition) is 4. The van der Waals surface area contributed by atoms with E-state index in [2.05, 4.69) is 15.3 Å². The average Bonchev–Trinajstić information content (AvgIpc) is 2.79. The molecule has 18 heavy (non-hydrogen) atoms. The fourth-order valence-corrected chi connectivity index (χ4v) is 1.40. The first-order chi connectivity index (χ1) is 8.32. The highest BCUT2D eigenvalue weighted by Crippen LogP contribution is 2.35. The molecule has 0 saturated carbocycles. The van der Waals surface area contributed by atoms with Crippen LogP contribution in [0.15, 0.2) is 12.5 Å². The van der Waals surface area contributed by atoms with Gasteiger partial charge in [0.05, 0.1) is 25.7 Å². The van der Waals surface area contributed by atoms with Crippen molar-refractivity contribution in [3.8, 4) is 0 Å². The van der Waals surface area contributed by atoms with Crippen molar-refractivity contribution in [1.29, 1.82) is 0 Å². The molecule has 0 aromatic carbocycles. The Balaban J connectivity index is 2.39. The molecule has 0 aliphatic rings. The molecule has 1 aromatic heterocycles. The zero-order valence-corrected chi connectivity index (χ0v) is 10.4. The number of carbonyl (C=O) groups is 2. The highest BCUT2D eigenvalue weighted by atomic mass is 31.2. The molecule has 1 rings (SSSR count). The van der Waals surface area contributed by atoms with Crippen LogP contribution in [0.4, 0.5) is 0 Å². The number of carbonyl (C=O) groups excluding carboxylic acids is 2. The Morgan fingerprint density at radius 3 is 2.78 bits per heavy atom.